The summed E-state index contributed by atoms with van der Waals surface area (Å²) in [5.41, 5.74) is -0.443. The summed E-state index contributed by atoms with van der Waals surface area (Å²) in [6.45, 7) is 1.34. The van der Waals surface area contributed by atoms with E-state index in [0.717, 1.165) is 12.1 Å². The Bertz CT molecular complexity index is 870. The van der Waals surface area contributed by atoms with Crippen LogP contribution < -0.4 is 10.1 Å². The van der Waals surface area contributed by atoms with Crippen molar-refractivity contribution in [1.82, 2.24) is 0 Å². The van der Waals surface area contributed by atoms with Gasteiger partial charge in [-0.05, 0) is 36.8 Å². The first-order chi connectivity index (χ1) is 13.1. The fourth-order valence-corrected chi connectivity index (χ4v) is 2.50. The highest BCUT2D eigenvalue weighted by Crippen LogP contribution is 2.30. The van der Waals surface area contributed by atoms with Crippen LogP contribution in [-0.2, 0) is 26.9 Å². The number of nitrogens with one attached hydrogen (secondary N) is 1. The molecule has 9 heteroatoms. The lowest BCUT2D eigenvalue weighted by atomic mass is 10.1. The maximum atomic E-state index is 12.7. The molecule has 0 spiro atoms. The Kier molecular flexibility index (Phi) is 6.90. The highest BCUT2D eigenvalue weighted by atomic mass is 35.5. The number of carbonyl (C=O) groups excluding carboxylic acids is 2. The van der Waals surface area contributed by atoms with E-state index in [1.807, 2.05) is 0 Å². The van der Waals surface area contributed by atoms with Crippen molar-refractivity contribution in [2.24, 2.45) is 0 Å². The predicted octanol–water partition coefficient (Wildman–Crippen LogP) is 4.48. The largest absolute Gasteiger partial charge is 0.495 e. The van der Waals surface area contributed by atoms with Crippen LogP contribution in [0.15, 0.2) is 42.5 Å². The van der Waals surface area contributed by atoms with Crippen LogP contribution in [0, 0.1) is 0 Å². The van der Waals surface area contributed by atoms with Crippen LogP contribution in [0.3, 0.4) is 0 Å². The van der Waals surface area contributed by atoms with E-state index in [-0.39, 0.29) is 5.56 Å². The Morgan fingerprint density at radius 3 is 2.54 bits per heavy atom. The van der Waals surface area contributed by atoms with E-state index in [0.29, 0.717) is 16.5 Å². The minimum atomic E-state index is -4.51. The summed E-state index contributed by atoms with van der Waals surface area (Å²) >= 11 is 5.88. The third-order valence-corrected chi connectivity index (χ3v) is 3.93. The highest BCUT2D eigenvalue weighted by molar-refractivity contribution is 6.31. The number of hydrogen-bond donors (Lipinski definition) is 1. The minimum Gasteiger partial charge on any atom is -0.495 e. The molecule has 0 aliphatic heterocycles. The van der Waals surface area contributed by atoms with Crippen molar-refractivity contribution in [3.8, 4) is 5.75 Å². The molecule has 2 aromatic carbocycles. The molecule has 28 heavy (non-hydrogen) atoms. The molecule has 150 valence electrons. The molecule has 5 nitrogen and oxygen atoms in total. The van der Waals surface area contributed by atoms with Gasteiger partial charge in [-0.2, -0.15) is 13.2 Å². The number of hydrogen-bond acceptors (Lipinski definition) is 4. The van der Waals surface area contributed by atoms with E-state index < -0.39 is 36.1 Å². The molecule has 0 heterocycles. The molecule has 0 bridgehead atoms. The molecule has 0 saturated heterocycles. The lowest BCUT2D eigenvalue weighted by Gasteiger charge is -2.15. The second kappa shape index (κ2) is 8.97. The van der Waals surface area contributed by atoms with Gasteiger partial charge in [0.2, 0.25) is 0 Å². The molecule has 1 atom stereocenters. The number of alkyl halides is 3. The van der Waals surface area contributed by atoms with Crippen molar-refractivity contribution in [2.75, 3.05) is 12.4 Å². The SMILES string of the molecule is COc1ccc(Cl)cc1NC(=O)[C@H](C)OC(=O)Cc1cccc(C(F)(F)F)c1. The first-order valence-corrected chi connectivity index (χ1v) is 8.48. The third kappa shape index (κ3) is 5.88. The molecule has 0 saturated carbocycles. The maximum Gasteiger partial charge on any atom is 0.416 e. The Morgan fingerprint density at radius 1 is 1.18 bits per heavy atom. The number of anilines is 1. The number of amides is 1. The van der Waals surface area contributed by atoms with Crippen LogP contribution in [0.1, 0.15) is 18.1 Å². The molecule has 0 aliphatic rings. The molecule has 1 N–H and O–H groups in total. The van der Waals surface area contributed by atoms with E-state index in [1.54, 1.807) is 12.1 Å². The molecule has 1 amide bonds. The first-order valence-electron chi connectivity index (χ1n) is 8.10. The van der Waals surface area contributed by atoms with Gasteiger partial charge in [-0.15, -0.1) is 0 Å². The van der Waals surface area contributed by atoms with Crippen molar-refractivity contribution >= 4 is 29.2 Å². The molecular weight excluding hydrogens is 399 g/mol. The third-order valence-electron chi connectivity index (χ3n) is 3.70. The number of halogens is 4. The van der Waals surface area contributed by atoms with E-state index in [1.165, 1.54) is 32.2 Å². The standard InChI is InChI=1S/C19H17ClF3NO4/c1-11(18(26)24-15-10-14(20)6-7-16(15)27-2)28-17(25)9-12-4-3-5-13(8-12)19(21,22)23/h3-8,10-11H,9H2,1-2H3,(H,24,26)/t11-/m0/s1. The first kappa shape index (κ1) is 21.6. The fraction of sp³-hybridized carbons (Fsp3) is 0.263. The van der Waals surface area contributed by atoms with Crippen molar-refractivity contribution in [1.29, 1.82) is 0 Å². The number of benzene rings is 2. The van der Waals surface area contributed by atoms with Crippen molar-refractivity contribution < 1.29 is 32.2 Å². The smallest absolute Gasteiger partial charge is 0.416 e. The number of carbonyl (C=O) groups is 2. The Labute approximate surface area is 164 Å². The van der Waals surface area contributed by atoms with Crippen molar-refractivity contribution in [3.05, 3.63) is 58.6 Å². The second-order valence-electron chi connectivity index (χ2n) is 5.84. The maximum absolute atomic E-state index is 12.7. The van der Waals surface area contributed by atoms with Crippen molar-refractivity contribution in [3.63, 3.8) is 0 Å². The summed E-state index contributed by atoms with van der Waals surface area (Å²) in [5.74, 6) is -1.11. The molecule has 0 aliphatic carbocycles. The fourth-order valence-electron chi connectivity index (χ4n) is 2.33. The van der Waals surface area contributed by atoms with E-state index in [2.05, 4.69) is 5.32 Å². The molecule has 2 aromatic rings. The van der Waals surface area contributed by atoms with E-state index in [9.17, 15) is 22.8 Å². The van der Waals surface area contributed by atoms with E-state index >= 15 is 0 Å². The monoisotopic (exact) mass is 415 g/mol. The predicted molar refractivity (Wildman–Crippen MR) is 97.3 cm³/mol. The summed E-state index contributed by atoms with van der Waals surface area (Å²) in [6.07, 6.45) is -6.09. The summed E-state index contributed by atoms with van der Waals surface area (Å²) in [6, 6.07) is 8.95. The molecule has 0 radical (unpaired) electrons. The number of esters is 1. The average Bonchev–Trinajstić information content (AvgIpc) is 2.61. The zero-order valence-electron chi connectivity index (χ0n) is 15.0. The Hall–Kier alpha value is -2.74. The van der Waals surface area contributed by atoms with Crippen LogP contribution in [0.25, 0.3) is 0 Å². The molecule has 0 fully saturated rings. The lowest BCUT2D eigenvalue weighted by molar-refractivity contribution is -0.152. The topological polar surface area (TPSA) is 64.6 Å². The van der Waals surface area contributed by atoms with E-state index in [4.69, 9.17) is 21.1 Å². The second-order valence-corrected chi connectivity index (χ2v) is 6.28. The summed E-state index contributed by atoms with van der Waals surface area (Å²) in [7, 11) is 1.41. The van der Waals surface area contributed by atoms with Crippen LogP contribution in [-0.4, -0.2) is 25.1 Å². The van der Waals surface area contributed by atoms with Gasteiger partial charge in [-0.25, -0.2) is 0 Å². The van der Waals surface area contributed by atoms with Gasteiger partial charge in [0, 0.05) is 5.02 Å². The van der Waals surface area contributed by atoms with Crippen molar-refractivity contribution in [2.45, 2.75) is 25.6 Å². The van der Waals surface area contributed by atoms with Gasteiger partial charge in [0.05, 0.1) is 24.8 Å². The lowest BCUT2D eigenvalue weighted by Crippen LogP contribution is -2.30. The van der Waals surface area contributed by atoms with Crippen LogP contribution >= 0.6 is 11.6 Å². The minimum absolute atomic E-state index is 0.129. The van der Waals surface area contributed by atoms with Gasteiger partial charge in [0.1, 0.15) is 5.75 Å². The zero-order chi connectivity index (χ0) is 20.9. The zero-order valence-corrected chi connectivity index (χ0v) is 15.7. The molecular formula is C19H17ClF3NO4. The summed E-state index contributed by atoms with van der Waals surface area (Å²) in [4.78, 5) is 24.2. The Morgan fingerprint density at radius 2 is 1.89 bits per heavy atom. The van der Waals surface area contributed by atoms with Gasteiger partial charge in [0.15, 0.2) is 6.10 Å². The van der Waals surface area contributed by atoms with Crippen LogP contribution in [0.4, 0.5) is 18.9 Å². The molecule has 2 rings (SSSR count). The molecule has 0 unspecified atom stereocenters. The normalized spacial score (nSPS) is 12.2. The van der Waals surface area contributed by atoms with Crippen LogP contribution in [0.5, 0.6) is 5.75 Å². The van der Waals surface area contributed by atoms with Gasteiger partial charge in [-0.1, -0.05) is 29.8 Å². The van der Waals surface area contributed by atoms with Gasteiger partial charge < -0.3 is 14.8 Å². The highest BCUT2D eigenvalue weighted by Gasteiger charge is 2.30. The molecule has 0 aromatic heterocycles. The van der Waals surface area contributed by atoms with Crippen LogP contribution in [0.2, 0.25) is 5.02 Å². The van der Waals surface area contributed by atoms with Gasteiger partial charge in [-0.3, -0.25) is 9.59 Å². The number of ether oxygens (including phenoxy) is 2. The van der Waals surface area contributed by atoms with Gasteiger partial charge >= 0.3 is 12.1 Å². The quantitative estimate of drug-likeness (QED) is 0.706. The number of methoxy groups -OCH3 is 1. The Balaban J connectivity index is 1.99. The summed E-state index contributed by atoms with van der Waals surface area (Å²) in [5, 5.41) is 2.89. The summed E-state index contributed by atoms with van der Waals surface area (Å²) < 4.78 is 48.3. The average molecular weight is 416 g/mol. The van der Waals surface area contributed by atoms with Gasteiger partial charge in [0.25, 0.3) is 5.91 Å². The number of rotatable bonds is 6.